The lowest BCUT2D eigenvalue weighted by molar-refractivity contribution is -0.115. The van der Waals surface area contributed by atoms with E-state index in [1.165, 1.54) is 29.6 Å². The van der Waals surface area contributed by atoms with E-state index in [4.69, 9.17) is 13.9 Å². The molecule has 0 aliphatic heterocycles. The van der Waals surface area contributed by atoms with Gasteiger partial charge < -0.3 is 13.9 Å². The Labute approximate surface area is 176 Å². The van der Waals surface area contributed by atoms with Crippen molar-refractivity contribution in [2.75, 3.05) is 12.0 Å². The van der Waals surface area contributed by atoms with E-state index < -0.39 is 0 Å². The molecule has 2 heterocycles. The van der Waals surface area contributed by atoms with Crippen molar-refractivity contribution >= 4 is 28.1 Å². The van der Waals surface area contributed by atoms with Crippen LogP contribution in [0.4, 0.5) is 10.8 Å². The molecule has 0 aliphatic carbocycles. The summed E-state index contributed by atoms with van der Waals surface area (Å²) >= 11 is 1.37. The van der Waals surface area contributed by atoms with Crippen LogP contribution < -0.4 is 14.4 Å². The molecule has 30 heavy (non-hydrogen) atoms. The molecule has 0 saturated heterocycles. The molecule has 0 unspecified atom stereocenters. The van der Waals surface area contributed by atoms with Crippen LogP contribution >= 0.6 is 11.3 Å². The van der Waals surface area contributed by atoms with Crippen LogP contribution in [0.5, 0.6) is 11.5 Å². The molecule has 4 rings (SSSR count). The Bertz CT molecular complexity index is 1130. The van der Waals surface area contributed by atoms with Crippen LogP contribution in [-0.4, -0.2) is 28.2 Å². The number of carbonyl (C=O) groups is 1. The molecular formula is C21H18N4O4S. The van der Waals surface area contributed by atoms with E-state index in [9.17, 15) is 4.79 Å². The number of ether oxygens (including phenoxy) is 2. The first-order valence-electron chi connectivity index (χ1n) is 9.03. The normalized spacial score (nSPS) is 10.6. The number of hydrogen-bond donors (Lipinski definition) is 0. The van der Waals surface area contributed by atoms with Crippen molar-refractivity contribution in [3.05, 3.63) is 66.0 Å². The maximum absolute atomic E-state index is 12.3. The van der Waals surface area contributed by atoms with E-state index in [-0.39, 0.29) is 12.5 Å². The Morgan fingerprint density at radius 3 is 2.67 bits per heavy atom. The van der Waals surface area contributed by atoms with Crippen molar-refractivity contribution in [3.8, 4) is 23.0 Å². The van der Waals surface area contributed by atoms with Crippen molar-refractivity contribution in [1.29, 1.82) is 0 Å². The summed E-state index contributed by atoms with van der Waals surface area (Å²) in [4.78, 5) is 18.4. The van der Waals surface area contributed by atoms with Gasteiger partial charge in [-0.05, 0) is 36.4 Å². The largest absolute Gasteiger partial charge is 0.495 e. The maximum Gasteiger partial charge on any atom is 0.247 e. The highest BCUT2D eigenvalue weighted by Crippen LogP contribution is 2.35. The third-order valence-electron chi connectivity index (χ3n) is 4.22. The van der Waals surface area contributed by atoms with E-state index in [0.29, 0.717) is 28.2 Å². The number of benzene rings is 2. The van der Waals surface area contributed by atoms with Crippen LogP contribution in [0.1, 0.15) is 12.6 Å². The molecule has 0 aliphatic rings. The summed E-state index contributed by atoms with van der Waals surface area (Å²) in [5.74, 6) is 1.58. The first-order chi connectivity index (χ1) is 14.7. The summed E-state index contributed by atoms with van der Waals surface area (Å²) in [6.07, 6.45) is 1.29. The van der Waals surface area contributed by atoms with Gasteiger partial charge in [0.15, 0.2) is 5.13 Å². The van der Waals surface area contributed by atoms with Crippen LogP contribution in [0, 0.1) is 0 Å². The van der Waals surface area contributed by atoms with Gasteiger partial charge in [-0.1, -0.05) is 12.1 Å². The Balaban J connectivity index is 1.47. The molecule has 0 saturated carbocycles. The van der Waals surface area contributed by atoms with Crippen molar-refractivity contribution in [3.63, 3.8) is 0 Å². The number of carbonyl (C=O) groups excluding carboxylic acids is 1. The second-order valence-electron chi connectivity index (χ2n) is 6.20. The third-order valence-corrected chi connectivity index (χ3v) is 5.09. The minimum absolute atomic E-state index is 0.155. The van der Waals surface area contributed by atoms with Crippen molar-refractivity contribution < 1.29 is 18.7 Å². The number of para-hydroxylation sites is 2. The minimum Gasteiger partial charge on any atom is -0.495 e. The van der Waals surface area contributed by atoms with Gasteiger partial charge in [0, 0.05) is 17.9 Å². The SMILES string of the molecule is COc1ccccc1N(C(C)=O)c1nc(COc2ccc(-c3nnco3)cc2)cs1. The van der Waals surface area contributed by atoms with Crippen molar-refractivity contribution in [2.24, 2.45) is 0 Å². The lowest BCUT2D eigenvalue weighted by Gasteiger charge is -2.20. The van der Waals surface area contributed by atoms with E-state index in [0.717, 1.165) is 11.3 Å². The zero-order chi connectivity index (χ0) is 20.9. The minimum atomic E-state index is -0.155. The Kier molecular flexibility index (Phi) is 5.71. The molecule has 0 radical (unpaired) electrons. The molecule has 0 bridgehead atoms. The maximum atomic E-state index is 12.3. The summed E-state index contributed by atoms with van der Waals surface area (Å²) < 4.78 is 16.4. The van der Waals surface area contributed by atoms with Gasteiger partial charge >= 0.3 is 0 Å². The molecule has 2 aromatic carbocycles. The molecule has 0 N–H and O–H groups in total. The highest BCUT2D eigenvalue weighted by atomic mass is 32.1. The van der Waals surface area contributed by atoms with Gasteiger partial charge in [-0.15, -0.1) is 21.5 Å². The van der Waals surface area contributed by atoms with Crippen LogP contribution in [0.25, 0.3) is 11.5 Å². The van der Waals surface area contributed by atoms with Crippen LogP contribution in [0.3, 0.4) is 0 Å². The predicted octanol–water partition coefficient (Wildman–Crippen LogP) is 4.47. The first kappa shape index (κ1) is 19.6. The van der Waals surface area contributed by atoms with Crippen LogP contribution in [0.15, 0.2) is 64.7 Å². The molecule has 9 heteroatoms. The van der Waals surface area contributed by atoms with Gasteiger partial charge in [-0.3, -0.25) is 9.69 Å². The van der Waals surface area contributed by atoms with Crippen LogP contribution in [-0.2, 0) is 11.4 Å². The molecule has 4 aromatic rings. The predicted molar refractivity (Wildman–Crippen MR) is 112 cm³/mol. The second-order valence-corrected chi connectivity index (χ2v) is 7.04. The zero-order valence-corrected chi connectivity index (χ0v) is 17.1. The fourth-order valence-corrected chi connectivity index (χ4v) is 3.70. The molecule has 8 nitrogen and oxygen atoms in total. The van der Waals surface area contributed by atoms with Gasteiger partial charge in [0.05, 0.1) is 18.5 Å². The smallest absolute Gasteiger partial charge is 0.247 e. The van der Waals surface area contributed by atoms with Gasteiger partial charge in [0.25, 0.3) is 0 Å². The fourth-order valence-electron chi connectivity index (χ4n) is 2.84. The monoisotopic (exact) mass is 422 g/mol. The number of methoxy groups -OCH3 is 1. The number of amides is 1. The highest BCUT2D eigenvalue weighted by Gasteiger charge is 2.21. The summed E-state index contributed by atoms with van der Waals surface area (Å²) in [5, 5.41) is 9.96. The molecule has 2 aromatic heterocycles. The third kappa shape index (κ3) is 4.15. The molecule has 0 atom stereocenters. The fraction of sp³-hybridized carbons (Fsp3) is 0.143. The highest BCUT2D eigenvalue weighted by molar-refractivity contribution is 7.14. The second kappa shape index (κ2) is 8.75. The number of aromatic nitrogens is 3. The van der Waals surface area contributed by atoms with Gasteiger partial charge in [-0.25, -0.2) is 4.98 Å². The van der Waals surface area contributed by atoms with E-state index in [1.54, 1.807) is 13.2 Å². The molecule has 1 amide bonds. The molecule has 0 spiro atoms. The number of hydrogen-bond acceptors (Lipinski definition) is 8. The quantitative estimate of drug-likeness (QED) is 0.434. The number of nitrogens with zero attached hydrogens (tertiary/aromatic N) is 4. The Morgan fingerprint density at radius 1 is 1.17 bits per heavy atom. The Morgan fingerprint density at radius 2 is 1.97 bits per heavy atom. The van der Waals surface area contributed by atoms with Crippen LogP contribution in [0.2, 0.25) is 0 Å². The summed E-state index contributed by atoms with van der Waals surface area (Å²) in [7, 11) is 1.57. The molecule has 0 fully saturated rings. The van der Waals surface area contributed by atoms with Crippen molar-refractivity contribution in [1.82, 2.24) is 15.2 Å². The zero-order valence-electron chi connectivity index (χ0n) is 16.3. The summed E-state index contributed by atoms with van der Waals surface area (Å²) in [5.41, 5.74) is 2.17. The van der Waals surface area contributed by atoms with Gasteiger partial charge in [-0.2, -0.15) is 0 Å². The van der Waals surface area contributed by atoms with E-state index in [2.05, 4.69) is 15.2 Å². The van der Waals surface area contributed by atoms with E-state index >= 15 is 0 Å². The number of rotatable bonds is 7. The first-order valence-corrected chi connectivity index (χ1v) is 9.91. The topological polar surface area (TPSA) is 90.6 Å². The van der Waals surface area contributed by atoms with Gasteiger partial charge in [0.1, 0.15) is 18.1 Å². The standard InChI is InChI=1S/C21H18N4O4S/c1-14(26)25(18-5-3-4-6-19(18)27-2)21-23-16(12-30-21)11-28-17-9-7-15(8-10-17)20-24-22-13-29-20/h3-10,12-13H,11H2,1-2H3. The lowest BCUT2D eigenvalue weighted by atomic mass is 10.2. The molecular weight excluding hydrogens is 404 g/mol. The average molecular weight is 422 g/mol. The number of anilines is 2. The number of thiazole rings is 1. The lowest BCUT2D eigenvalue weighted by Crippen LogP contribution is -2.23. The molecule has 152 valence electrons. The van der Waals surface area contributed by atoms with Crippen molar-refractivity contribution in [2.45, 2.75) is 13.5 Å². The summed E-state index contributed by atoms with van der Waals surface area (Å²) in [6.45, 7) is 1.77. The van der Waals surface area contributed by atoms with Gasteiger partial charge in [0.2, 0.25) is 18.2 Å². The summed E-state index contributed by atoms with van der Waals surface area (Å²) in [6, 6.07) is 14.7. The average Bonchev–Trinajstić information content (AvgIpc) is 3.46. The Hall–Kier alpha value is -3.72. The van der Waals surface area contributed by atoms with E-state index in [1.807, 2.05) is 47.8 Å².